The standard InChI is InChI=1S/C16H22N2O2S/c1-16(2)8-3-9-18(11-16)14(19)10-20-13-6-4-12(5-7-13)15(17)21/h4-7H,3,8-11H2,1-2H3,(H2,17,21). The second kappa shape index (κ2) is 6.43. The molecule has 0 saturated carbocycles. The van der Waals surface area contributed by atoms with Crippen LogP contribution in [0, 0.1) is 5.41 Å². The van der Waals surface area contributed by atoms with Gasteiger partial charge >= 0.3 is 0 Å². The van der Waals surface area contributed by atoms with Gasteiger partial charge in [-0.3, -0.25) is 4.79 Å². The molecule has 1 aliphatic heterocycles. The summed E-state index contributed by atoms with van der Waals surface area (Å²) in [5, 5.41) is 0. The number of ether oxygens (including phenoxy) is 1. The van der Waals surface area contributed by atoms with Gasteiger partial charge in [0.15, 0.2) is 6.61 Å². The van der Waals surface area contributed by atoms with E-state index in [0.717, 1.165) is 31.5 Å². The highest BCUT2D eigenvalue weighted by Gasteiger charge is 2.29. The summed E-state index contributed by atoms with van der Waals surface area (Å²) in [6, 6.07) is 7.15. The number of carbonyl (C=O) groups excluding carboxylic acids is 1. The second-order valence-electron chi connectivity index (χ2n) is 6.26. The molecule has 1 saturated heterocycles. The number of likely N-dealkylation sites (tertiary alicyclic amines) is 1. The van der Waals surface area contributed by atoms with E-state index in [1.807, 2.05) is 4.90 Å². The normalized spacial score (nSPS) is 17.3. The largest absolute Gasteiger partial charge is 0.484 e. The van der Waals surface area contributed by atoms with Crippen molar-refractivity contribution < 1.29 is 9.53 Å². The maximum Gasteiger partial charge on any atom is 0.260 e. The van der Waals surface area contributed by atoms with Crippen molar-refractivity contribution in [2.45, 2.75) is 26.7 Å². The van der Waals surface area contributed by atoms with Gasteiger partial charge < -0.3 is 15.4 Å². The number of piperidine rings is 1. The van der Waals surface area contributed by atoms with Crippen LogP contribution in [-0.4, -0.2) is 35.5 Å². The molecule has 0 bridgehead atoms. The van der Waals surface area contributed by atoms with Crippen LogP contribution in [0.15, 0.2) is 24.3 Å². The summed E-state index contributed by atoms with van der Waals surface area (Å²) < 4.78 is 5.55. The van der Waals surface area contributed by atoms with E-state index in [4.69, 9.17) is 22.7 Å². The van der Waals surface area contributed by atoms with Gasteiger partial charge in [-0.15, -0.1) is 0 Å². The Morgan fingerprint density at radius 2 is 2.05 bits per heavy atom. The molecule has 0 unspecified atom stereocenters. The average Bonchev–Trinajstić information content (AvgIpc) is 2.44. The summed E-state index contributed by atoms with van der Waals surface area (Å²) >= 11 is 4.89. The van der Waals surface area contributed by atoms with E-state index in [0.29, 0.717) is 10.7 Å². The van der Waals surface area contributed by atoms with Crippen LogP contribution < -0.4 is 10.5 Å². The van der Waals surface area contributed by atoms with Crippen molar-refractivity contribution in [1.82, 2.24) is 4.90 Å². The lowest BCUT2D eigenvalue weighted by molar-refractivity contribution is -0.136. The van der Waals surface area contributed by atoms with Crippen molar-refractivity contribution in [2.75, 3.05) is 19.7 Å². The Balaban J connectivity index is 1.87. The topological polar surface area (TPSA) is 55.6 Å². The molecule has 2 N–H and O–H groups in total. The van der Waals surface area contributed by atoms with Crippen LogP contribution in [0.3, 0.4) is 0 Å². The summed E-state index contributed by atoms with van der Waals surface area (Å²) in [5.74, 6) is 0.695. The first-order valence-corrected chi connectivity index (χ1v) is 7.59. The van der Waals surface area contributed by atoms with Crippen molar-refractivity contribution in [3.05, 3.63) is 29.8 Å². The number of hydrogen-bond donors (Lipinski definition) is 1. The molecule has 0 radical (unpaired) electrons. The summed E-state index contributed by atoms with van der Waals surface area (Å²) in [4.78, 5) is 14.4. The molecule has 1 aromatic rings. The Morgan fingerprint density at radius 3 is 2.62 bits per heavy atom. The molecule has 1 aliphatic rings. The van der Waals surface area contributed by atoms with Crippen molar-refractivity contribution in [1.29, 1.82) is 0 Å². The van der Waals surface area contributed by atoms with Crippen LogP contribution in [0.25, 0.3) is 0 Å². The van der Waals surface area contributed by atoms with Crippen molar-refractivity contribution >= 4 is 23.1 Å². The molecule has 1 aromatic carbocycles. The highest BCUT2D eigenvalue weighted by atomic mass is 32.1. The quantitative estimate of drug-likeness (QED) is 0.868. The Morgan fingerprint density at radius 1 is 1.38 bits per heavy atom. The Kier molecular flexibility index (Phi) is 4.83. The van der Waals surface area contributed by atoms with Crippen molar-refractivity contribution in [3.63, 3.8) is 0 Å². The first-order valence-electron chi connectivity index (χ1n) is 7.18. The number of hydrogen-bond acceptors (Lipinski definition) is 3. The fourth-order valence-electron chi connectivity index (χ4n) is 2.59. The Bertz CT molecular complexity index is 526. The molecular formula is C16H22N2O2S. The maximum atomic E-state index is 12.2. The number of nitrogens with two attached hydrogens (primary N) is 1. The summed E-state index contributed by atoms with van der Waals surface area (Å²) in [7, 11) is 0. The van der Waals surface area contributed by atoms with Crippen LogP contribution in [0.4, 0.5) is 0 Å². The molecule has 0 spiro atoms. The summed E-state index contributed by atoms with van der Waals surface area (Å²) in [6.45, 7) is 6.09. The zero-order valence-corrected chi connectivity index (χ0v) is 13.4. The molecule has 1 heterocycles. The fourth-order valence-corrected chi connectivity index (χ4v) is 2.72. The molecule has 4 nitrogen and oxygen atoms in total. The summed E-state index contributed by atoms with van der Waals surface area (Å²) in [6.07, 6.45) is 2.22. The van der Waals surface area contributed by atoms with Gasteiger partial charge in [0, 0.05) is 18.7 Å². The minimum atomic E-state index is 0.0428. The van der Waals surface area contributed by atoms with Gasteiger partial charge in [-0.2, -0.15) is 0 Å². The van der Waals surface area contributed by atoms with Crippen molar-refractivity contribution in [3.8, 4) is 5.75 Å². The molecular weight excluding hydrogens is 284 g/mol. The number of benzene rings is 1. The average molecular weight is 306 g/mol. The van der Waals surface area contributed by atoms with Gasteiger partial charge in [-0.05, 0) is 42.5 Å². The van der Waals surface area contributed by atoms with E-state index in [1.54, 1.807) is 24.3 Å². The van der Waals surface area contributed by atoms with E-state index in [1.165, 1.54) is 0 Å². The van der Waals surface area contributed by atoms with Crippen LogP contribution in [0.1, 0.15) is 32.3 Å². The highest BCUT2D eigenvalue weighted by molar-refractivity contribution is 7.80. The first-order chi connectivity index (χ1) is 9.87. The number of carbonyl (C=O) groups is 1. The highest BCUT2D eigenvalue weighted by Crippen LogP contribution is 2.28. The third-order valence-electron chi connectivity index (χ3n) is 3.75. The lowest BCUT2D eigenvalue weighted by Crippen LogP contribution is -2.45. The Labute approximate surface area is 131 Å². The van der Waals surface area contributed by atoms with Gasteiger partial charge in [0.25, 0.3) is 5.91 Å². The third-order valence-corrected chi connectivity index (χ3v) is 3.99. The smallest absolute Gasteiger partial charge is 0.260 e. The molecule has 21 heavy (non-hydrogen) atoms. The van der Waals surface area contributed by atoms with Gasteiger partial charge in [0.1, 0.15) is 10.7 Å². The molecule has 0 aromatic heterocycles. The number of thiocarbonyl (C=S) groups is 1. The van der Waals surface area contributed by atoms with Crippen molar-refractivity contribution in [2.24, 2.45) is 11.1 Å². The van der Waals surface area contributed by atoms with Crippen LogP contribution in [-0.2, 0) is 4.79 Å². The number of rotatable bonds is 4. The van der Waals surface area contributed by atoms with Crippen LogP contribution >= 0.6 is 12.2 Å². The molecule has 114 valence electrons. The molecule has 0 atom stereocenters. The van der Waals surface area contributed by atoms with Crippen LogP contribution in [0.5, 0.6) is 5.75 Å². The second-order valence-corrected chi connectivity index (χ2v) is 6.70. The summed E-state index contributed by atoms with van der Waals surface area (Å²) in [5.41, 5.74) is 6.53. The minimum absolute atomic E-state index is 0.0428. The SMILES string of the molecule is CC1(C)CCCN(C(=O)COc2ccc(C(N)=S)cc2)C1. The fraction of sp³-hybridized carbons (Fsp3) is 0.500. The zero-order chi connectivity index (χ0) is 15.5. The minimum Gasteiger partial charge on any atom is -0.484 e. The first kappa shape index (κ1) is 15.8. The molecule has 2 rings (SSSR count). The van der Waals surface area contributed by atoms with Crippen LogP contribution in [0.2, 0.25) is 0 Å². The van der Waals surface area contributed by atoms with Gasteiger partial charge in [-0.1, -0.05) is 26.1 Å². The van der Waals surface area contributed by atoms with E-state index in [2.05, 4.69) is 13.8 Å². The molecule has 1 amide bonds. The van der Waals surface area contributed by atoms with E-state index in [-0.39, 0.29) is 17.9 Å². The predicted molar refractivity (Wildman–Crippen MR) is 87.4 cm³/mol. The third kappa shape index (κ3) is 4.43. The number of amides is 1. The zero-order valence-electron chi connectivity index (χ0n) is 12.6. The van der Waals surface area contributed by atoms with Gasteiger partial charge in [-0.25, -0.2) is 0 Å². The monoisotopic (exact) mass is 306 g/mol. The van der Waals surface area contributed by atoms with E-state index in [9.17, 15) is 4.79 Å². The predicted octanol–water partition coefficient (Wildman–Crippen LogP) is 2.35. The molecule has 5 heteroatoms. The molecule has 0 aliphatic carbocycles. The Hall–Kier alpha value is -1.62. The lowest BCUT2D eigenvalue weighted by Gasteiger charge is -2.37. The molecule has 1 fully saturated rings. The maximum absolute atomic E-state index is 12.2. The van der Waals surface area contributed by atoms with Gasteiger partial charge in [0.05, 0.1) is 0 Å². The number of nitrogens with zero attached hydrogens (tertiary/aromatic N) is 1. The van der Waals surface area contributed by atoms with E-state index < -0.39 is 0 Å². The lowest BCUT2D eigenvalue weighted by atomic mass is 9.84. The van der Waals surface area contributed by atoms with Gasteiger partial charge in [0.2, 0.25) is 0 Å². The van der Waals surface area contributed by atoms with E-state index >= 15 is 0 Å².